The molecule has 2 aliphatic carbocycles. The number of nitrogens with zero attached hydrogens (tertiary/aromatic N) is 1. The summed E-state index contributed by atoms with van der Waals surface area (Å²) in [7, 11) is 0. The molecule has 2 aliphatic rings. The maximum absolute atomic E-state index is 6.07. The Bertz CT molecular complexity index is 461. The second-order valence-electron chi connectivity index (χ2n) is 7.00. The molecule has 1 aromatic carbocycles. The number of rotatable bonds is 5. The van der Waals surface area contributed by atoms with E-state index < -0.39 is 0 Å². The Labute approximate surface area is 129 Å². The average Bonchev–Trinajstić information content (AvgIpc) is 2.95. The van der Waals surface area contributed by atoms with Gasteiger partial charge < -0.3 is 5.73 Å². The summed E-state index contributed by atoms with van der Waals surface area (Å²) in [6, 6.07) is 8.40. The molecule has 1 saturated carbocycles. The number of hydrogen-bond acceptors (Lipinski definition) is 2. The monoisotopic (exact) mass is 286 g/mol. The number of aryl methyl sites for hydroxylation is 2. The summed E-state index contributed by atoms with van der Waals surface area (Å²) in [5.74, 6) is 0. The quantitative estimate of drug-likeness (QED) is 0.895. The van der Waals surface area contributed by atoms with Crippen molar-refractivity contribution >= 4 is 0 Å². The summed E-state index contributed by atoms with van der Waals surface area (Å²) in [5, 5.41) is 0. The van der Waals surface area contributed by atoms with Gasteiger partial charge in [-0.2, -0.15) is 0 Å². The van der Waals surface area contributed by atoms with Crippen molar-refractivity contribution in [1.82, 2.24) is 4.90 Å². The molecule has 2 heteroatoms. The van der Waals surface area contributed by atoms with E-state index >= 15 is 0 Å². The highest BCUT2D eigenvalue weighted by Gasteiger charge is 2.24. The van der Waals surface area contributed by atoms with Crippen molar-refractivity contribution in [1.29, 1.82) is 0 Å². The molecule has 116 valence electrons. The maximum Gasteiger partial charge on any atom is 0.0236 e. The molecule has 0 radical (unpaired) electrons. The molecule has 0 aliphatic heterocycles. The lowest BCUT2D eigenvalue weighted by molar-refractivity contribution is 0.142. The topological polar surface area (TPSA) is 29.3 Å². The molecule has 1 fully saturated rings. The van der Waals surface area contributed by atoms with Crippen LogP contribution in [0.3, 0.4) is 0 Å². The van der Waals surface area contributed by atoms with Crippen LogP contribution in [0.15, 0.2) is 18.2 Å². The van der Waals surface area contributed by atoms with E-state index in [-0.39, 0.29) is 0 Å². The van der Waals surface area contributed by atoms with Crippen molar-refractivity contribution in [3.05, 3.63) is 34.9 Å². The first-order chi connectivity index (χ1) is 10.3. The Morgan fingerprint density at radius 3 is 2.62 bits per heavy atom. The van der Waals surface area contributed by atoms with Gasteiger partial charge in [0.1, 0.15) is 0 Å². The molecule has 0 bridgehead atoms. The van der Waals surface area contributed by atoms with Crippen LogP contribution in [0.5, 0.6) is 0 Å². The third-order valence-electron chi connectivity index (χ3n) is 5.32. The van der Waals surface area contributed by atoms with Crippen LogP contribution >= 0.6 is 0 Å². The minimum atomic E-state index is 0.449. The van der Waals surface area contributed by atoms with Gasteiger partial charge in [-0.05, 0) is 74.6 Å². The Balaban J connectivity index is 1.67. The maximum atomic E-state index is 6.07. The van der Waals surface area contributed by atoms with Gasteiger partial charge in [-0.1, -0.05) is 25.1 Å². The van der Waals surface area contributed by atoms with Gasteiger partial charge in [0.2, 0.25) is 0 Å². The fourth-order valence-corrected chi connectivity index (χ4v) is 4.10. The van der Waals surface area contributed by atoms with Crippen LogP contribution in [0.4, 0.5) is 0 Å². The molecule has 0 atom stereocenters. The number of hydrogen-bond donors (Lipinski definition) is 1. The highest BCUT2D eigenvalue weighted by molar-refractivity contribution is 5.35. The van der Waals surface area contributed by atoms with Crippen molar-refractivity contribution in [3.8, 4) is 0 Å². The van der Waals surface area contributed by atoms with E-state index in [1.165, 1.54) is 63.5 Å². The molecule has 1 aromatic rings. The third-order valence-corrected chi connectivity index (χ3v) is 5.32. The van der Waals surface area contributed by atoms with Gasteiger partial charge >= 0.3 is 0 Å². The third kappa shape index (κ3) is 3.67. The lowest BCUT2D eigenvalue weighted by atomic mass is 9.90. The highest BCUT2D eigenvalue weighted by atomic mass is 15.2. The summed E-state index contributed by atoms with van der Waals surface area (Å²) in [5.41, 5.74) is 10.8. The van der Waals surface area contributed by atoms with Crippen LogP contribution < -0.4 is 5.73 Å². The van der Waals surface area contributed by atoms with Crippen molar-refractivity contribution in [2.75, 3.05) is 6.54 Å². The van der Waals surface area contributed by atoms with Gasteiger partial charge in [-0.25, -0.2) is 0 Å². The van der Waals surface area contributed by atoms with Gasteiger partial charge in [-0.3, -0.25) is 4.90 Å². The minimum Gasteiger partial charge on any atom is -0.328 e. The Morgan fingerprint density at radius 2 is 1.86 bits per heavy atom. The summed E-state index contributed by atoms with van der Waals surface area (Å²) in [6.07, 6.45) is 10.1. The van der Waals surface area contributed by atoms with E-state index in [0.717, 1.165) is 12.6 Å². The van der Waals surface area contributed by atoms with Crippen molar-refractivity contribution in [3.63, 3.8) is 0 Å². The molecule has 0 spiro atoms. The van der Waals surface area contributed by atoms with Gasteiger partial charge in [0.25, 0.3) is 0 Å². The second kappa shape index (κ2) is 6.93. The standard InChI is InChI=1S/C19H30N2/c1-2-12-21(19-10-8-18(20)9-11-19)14-15-6-7-16-4-3-5-17(16)13-15/h6-7,13,18-19H,2-5,8-12,14,20H2,1H3. The zero-order valence-corrected chi connectivity index (χ0v) is 13.5. The van der Waals surface area contributed by atoms with Gasteiger partial charge in [0, 0.05) is 18.6 Å². The van der Waals surface area contributed by atoms with Crippen molar-refractivity contribution < 1.29 is 0 Å². The molecule has 0 saturated heterocycles. The fourth-order valence-electron chi connectivity index (χ4n) is 4.10. The molecule has 21 heavy (non-hydrogen) atoms. The number of fused-ring (bicyclic) bond motifs is 1. The van der Waals surface area contributed by atoms with E-state index in [4.69, 9.17) is 5.73 Å². The van der Waals surface area contributed by atoms with Crippen LogP contribution in [0.1, 0.15) is 62.1 Å². The molecule has 0 aromatic heterocycles. The van der Waals surface area contributed by atoms with Crippen LogP contribution in [0.25, 0.3) is 0 Å². The first-order valence-electron chi connectivity index (χ1n) is 8.86. The Kier molecular flexibility index (Phi) is 4.97. The second-order valence-corrected chi connectivity index (χ2v) is 7.00. The summed E-state index contributed by atoms with van der Waals surface area (Å²) >= 11 is 0. The number of benzene rings is 1. The zero-order valence-electron chi connectivity index (χ0n) is 13.5. The zero-order chi connectivity index (χ0) is 14.7. The predicted octanol–water partition coefficient (Wildman–Crippen LogP) is 3.66. The lowest BCUT2D eigenvalue weighted by Crippen LogP contribution is -2.40. The summed E-state index contributed by atoms with van der Waals surface area (Å²) in [4.78, 5) is 2.71. The van der Waals surface area contributed by atoms with E-state index in [2.05, 4.69) is 30.0 Å². The summed E-state index contributed by atoms with van der Waals surface area (Å²) in [6.45, 7) is 4.64. The largest absolute Gasteiger partial charge is 0.328 e. The first kappa shape index (κ1) is 15.1. The smallest absolute Gasteiger partial charge is 0.0236 e. The molecule has 3 rings (SSSR count). The molecular formula is C19H30N2. The van der Waals surface area contributed by atoms with Gasteiger partial charge in [0.15, 0.2) is 0 Å². The highest BCUT2D eigenvalue weighted by Crippen LogP contribution is 2.26. The van der Waals surface area contributed by atoms with Crippen LogP contribution in [-0.2, 0) is 19.4 Å². The minimum absolute atomic E-state index is 0.449. The van der Waals surface area contributed by atoms with E-state index in [1.54, 1.807) is 11.1 Å². The van der Waals surface area contributed by atoms with Crippen LogP contribution in [-0.4, -0.2) is 23.5 Å². The van der Waals surface area contributed by atoms with Crippen LogP contribution in [0, 0.1) is 0 Å². The molecule has 2 N–H and O–H groups in total. The summed E-state index contributed by atoms with van der Waals surface area (Å²) < 4.78 is 0. The van der Waals surface area contributed by atoms with E-state index in [0.29, 0.717) is 6.04 Å². The van der Waals surface area contributed by atoms with Crippen molar-refractivity contribution in [2.45, 2.75) is 76.9 Å². The lowest BCUT2D eigenvalue weighted by Gasteiger charge is -2.36. The van der Waals surface area contributed by atoms with E-state index in [9.17, 15) is 0 Å². The molecule has 0 unspecified atom stereocenters. The normalized spacial score (nSPS) is 25.3. The first-order valence-corrected chi connectivity index (χ1v) is 8.86. The van der Waals surface area contributed by atoms with Crippen molar-refractivity contribution in [2.24, 2.45) is 5.73 Å². The Hall–Kier alpha value is -0.860. The fraction of sp³-hybridized carbons (Fsp3) is 0.684. The van der Waals surface area contributed by atoms with Crippen LogP contribution in [0.2, 0.25) is 0 Å². The molecular weight excluding hydrogens is 256 g/mol. The number of nitrogens with two attached hydrogens (primary N) is 1. The molecule has 2 nitrogen and oxygen atoms in total. The molecule has 0 heterocycles. The predicted molar refractivity (Wildman–Crippen MR) is 89.4 cm³/mol. The SMILES string of the molecule is CCCN(Cc1ccc2c(c1)CCC2)C1CCC(N)CC1. The Morgan fingerprint density at radius 1 is 1.10 bits per heavy atom. The van der Waals surface area contributed by atoms with Gasteiger partial charge in [-0.15, -0.1) is 0 Å². The molecule has 0 amide bonds. The van der Waals surface area contributed by atoms with Gasteiger partial charge in [0.05, 0.1) is 0 Å². The van der Waals surface area contributed by atoms with E-state index in [1.807, 2.05) is 0 Å². The average molecular weight is 286 g/mol.